The Morgan fingerprint density at radius 3 is 2.55 bits per heavy atom. The molecule has 1 amide bonds. The third-order valence-electron chi connectivity index (χ3n) is 5.93. The molecule has 1 N–H and O–H groups in total. The zero-order valence-corrected chi connectivity index (χ0v) is 16.6. The zero-order chi connectivity index (χ0) is 20.4. The molecule has 1 saturated heterocycles. The Hall–Kier alpha value is -2.86. The first-order chi connectivity index (χ1) is 14.0. The van der Waals surface area contributed by atoms with Crippen molar-refractivity contribution in [3.63, 3.8) is 0 Å². The van der Waals surface area contributed by atoms with Crippen molar-refractivity contribution in [2.45, 2.75) is 32.2 Å². The molecule has 0 aliphatic carbocycles. The van der Waals surface area contributed by atoms with Gasteiger partial charge in [-0.05, 0) is 80.8 Å². The minimum atomic E-state index is -0.965. The Kier molecular flexibility index (Phi) is 5.53. The van der Waals surface area contributed by atoms with Gasteiger partial charge in [0.25, 0.3) is 5.91 Å². The van der Waals surface area contributed by atoms with Gasteiger partial charge >= 0.3 is 5.97 Å². The number of rotatable bonds is 6. The first-order valence-corrected chi connectivity index (χ1v) is 10.2. The minimum absolute atomic E-state index is 0.0930. The van der Waals surface area contributed by atoms with Crippen LogP contribution in [0.3, 0.4) is 0 Å². The van der Waals surface area contributed by atoms with E-state index in [-0.39, 0.29) is 11.5 Å². The second-order valence-electron chi connectivity index (χ2n) is 7.82. The molecule has 0 bridgehead atoms. The summed E-state index contributed by atoms with van der Waals surface area (Å²) in [4.78, 5) is 28.3. The molecule has 1 fully saturated rings. The lowest BCUT2D eigenvalue weighted by molar-refractivity contribution is 0.0693. The highest BCUT2D eigenvalue weighted by atomic mass is 16.5. The van der Waals surface area contributed by atoms with Crippen molar-refractivity contribution in [2.24, 2.45) is 0 Å². The smallest absolute Gasteiger partial charge is 0.335 e. The van der Waals surface area contributed by atoms with Crippen molar-refractivity contribution in [3.8, 4) is 11.5 Å². The Balaban J connectivity index is 1.40. The summed E-state index contributed by atoms with van der Waals surface area (Å²) in [5.41, 5.74) is 1.97. The van der Waals surface area contributed by atoms with Crippen LogP contribution >= 0.6 is 0 Å². The number of amides is 1. The van der Waals surface area contributed by atoms with Gasteiger partial charge in [-0.15, -0.1) is 0 Å². The highest BCUT2D eigenvalue weighted by molar-refractivity contribution is 5.97. The van der Waals surface area contributed by atoms with Gasteiger partial charge < -0.3 is 14.7 Å². The molecule has 6 nitrogen and oxygen atoms in total. The van der Waals surface area contributed by atoms with Crippen LogP contribution in [0.5, 0.6) is 11.5 Å². The lowest BCUT2D eigenvalue weighted by Gasteiger charge is -2.31. The number of benzene rings is 2. The van der Waals surface area contributed by atoms with E-state index in [0.717, 1.165) is 43.7 Å². The van der Waals surface area contributed by atoms with E-state index in [0.29, 0.717) is 17.5 Å². The van der Waals surface area contributed by atoms with Crippen molar-refractivity contribution in [3.05, 3.63) is 59.2 Å². The van der Waals surface area contributed by atoms with Crippen LogP contribution in [0.25, 0.3) is 0 Å². The summed E-state index contributed by atoms with van der Waals surface area (Å²) in [7, 11) is 0. The van der Waals surface area contributed by atoms with Crippen LogP contribution in [0.15, 0.2) is 42.5 Å². The second kappa shape index (κ2) is 8.25. The van der Waals surface area contributed by atoms with Gasteiger partial charge in [-0.25, -0.2) is 4.79 Å². The number of ether oxygens (including phenoxy) is 1. The first-order valence-electron chi connectivity index (χ1n) is 10.2. The van der Waals surface area contributed by atoms with Gasteiger partial charge in [0.2, 0.25) is 0 Å². The maximum atomic E-state index is 12.9. The number of aromatic carboxylic acids is 1. The predicted octanol–water partition coefficient (Wildman–Crippen LogP) is 3.66. The molecule has 0 spiro atoms. The summed E-state index contributed by atoms with van der Waals surface area (Å²) in [5.74, 6) is 0.348. The number of carboxylic acid groups (broad SMARTS) is 1. The number of carbonyl (C=O) groups excluding carboxylic acids is 1. The topological polar surface area (TPSA) is 70.1 Å². The summed E-state index contributed by atoms with van der Waals surface area (Å²) < 4.78 is 5.84. The quantitative estimate of drug-likeness (QED) is 0.810. The molecule has 2 aliphatic heterocycles. The highest BCUT2D eigenvalue weighted by Crippen LogP contribution is 2.28. The standard InChI is InChI=1S/C23H26N2O4/c1-16-3-2-11-24(16)13-14-25-12-10-18-15-20(8-9-21(18)22(25)26)29-19-6-4-17(5-7-19)23(27)28/h4-9,15-16H,2-3,10-14H2,1H3,(H,27,28). The van der Waals surface area contributed by atoms with E-state index in [1.165, 1.54) is 25.0 Å². The molecule has 29 heavy (non-hydrogen) atoms. The van der Waals surface area contributed by atoms with Gasteiger partial charge in [-0.2, -0.15) is 0 Å². The lowest BCUT2D eigenvalue weighted by atomic mass is 9.98. The van der Waals surface area contributed by atoms with Crippen molar-refractivity contribution in [1.29, 1.82) is 0 Å². The van der Waals surface area contributed by atoms with Crippen LogP contribution in [-0.4, -0.2) is 59.0 Å². The molecule has 4 rings (SSSR count). The van der Waals surface area contributed by atoms with E-state index in [9.17, 15) is 9.59 Å². The Labute approximate surface area is 170 Å². The molecule has 0 radical (unpaired) electrons. The number of carboxylic acids is 1. The van der Waals surface area contributed by atoms with E-state index in [1.807, 2.05) is 17.0 Å². The molecular formula is C23H26N2O4. The fourth-order valence-electron chi connectivity index (χ4n) is 4.17. The van der Waals surface area contributed by atoms with Gasteiger partial charge in [-0.1, -0.05) is 0 Å². The fourth-order valence-corrected chi connectivity index (χ4v) is 4.17. The summed E-state index contributed by atoms with van der Waals surface area (Å²) >= 11 is 0. The molecule has 0 aromatic heterocycles. The SMILES string of the molecule is CC1CCCN1CCN1CCc2cc(Oc3ccc(C(=O)O)cc3)ccc2C1=O. The normalized spacial score (nSPS) is 19.3. The Morgan fingerprint density at radius 1 is 1.10 bits per heavy atom. The number of hydrogen-bond acceptors (Lipinski definition) is 4. The van der Waals surface area contributed by atoms with E-state index < -0.39 is 5.97 Å². The fraction of sp³-hybridized carbons (Fsp3) is 0.391. The largest absolute Gasteiger partial charge is 0.478 e. The zero-order valence-electron chi connectivity index (χ0n) is 16.6. The third-order valence-corrected chi connectivity index (χ3v) is 5.93. The molecule has 2 aromatic rings. The maximum absolute atomic E-state index is 12.9. The van der Waals surface area contributed by atoms with Gasteiger partial charge in [0.15, 0.2) is 0 Å². The summed E-state index contributed by atoms with van der Waals surface area (Å²) in [6.45, 7) is 5.84. The highest BCUT2D eigenvalue weighted by Gasteiger charge is 2.26. The van der Waals surface area contributed by atoms with Crippen molar-refractivity contribution in [1.82, 2.24) is 9.80 Å². The predicted molar refractivity (Wildman–Crippen MR) is 110 cm³/mol. The average molecular weight is 394 g/mol. The van der Waals surface area contributed by atoms with Gasteiger partial charge in [0.1, 0.15) is 11.5 Å². The van der Waals surface area contributed by atoms with Crippen LogP contribution in [-0.2, 0) is 6.42 Å². The Bertz CT molecular complexity index is 910. The number of nitrogens with zero attached hydrogens (tertiary/aromatic N) is 2. The van der Waals surface area contributed by atoms with Crippen LogP contribution in [0.4, 0.5) is 0 Å². The number of likely N-dealkylation sites (tertiary alicyclic amines) is 1. The first kappa shape index (κ1) is 19.5. The lowest BCUT2D eigenvalue weighted by Crippen LogP contribution is -2.43. The number of carbonyl (C=O) groups is 2. The molecule has 1 unspecified atom stereocenters. The molecule has 2 aliphatic rings. The van der Waals surface area contributed by atoms with Crippen molar-refractivity contribution in [2.75, 3.05) is 26.2 Å². The summed E-state index contributed by atoms with van der Waals surface area (Å²) in [6, 6.07) is 12.5. The molecule has 1 atom stereocenters. The summed E-state index contributed by atoms with van der Waals surface area (Å²) in [5, 5.41) is 8.98. The monoisotopic (exact) mass is 394 g/mol. The molecule has 6 heteroatoms. The van der Waals surface area contributed by atoms with Crippen LogP contribution in [0, 0.1) is 0 Å². The van der Waals surface area contributed by atoms with Crippen LogP contribution < -0.4 is 4.74 Å². The van der Waals surface area contributed by atoms with Crippen LogP contribution in [0.2, 0.25) is 0 Å². The van der Waals surface area contributed by atoms with Gasteiger partial charge in [0.05, 0.1) is 5.56 Å². The van der Waals surface area contributed by atoms with Crippen molar-refractivity contribution >= 4 is 11.9 Å². The van der Waals surface area contributed by atoms with E-state index >= 15 is 0 Å². The molecule has 2 heterocycles. The summed E-state index contributed by atoms with van der Waals surface area (Å²) in [6.07, 6.45) is 3.31. The van der Waals surface area contributed by atoms with Crippen molar-refractivity contribution < 1.29 is 19.4 Å². The average Bonchev–Trinajstić information content (AvgIpc) is 3.13. The van der Waals surface area contributed by atoms with E-state index in [4.69, 9.17) is 9.84 Å². The molecule has 2 aromatic carbocycles. The third kappa shape index (κ3) is 4.27. The number of hydrogen-bond donors (Lipinski definition) is 1. The maximum Gasteiger partial charge on any atom is 0.335 e. The van der Waals surface area contributed by atoms with E-state index in [2.05, 4.69) is 11.8 Å². The van der Waals surface area contributed by atoms with Crippen LogP contribution in [0.1, 0.15) is 46.0 Å². The minimum Gasteiger partial charge on any atom is -0.478 e. The van der Waals surface area contributed by atoms with Gasteiger partial charge in [-0.3, -0.25) is 9.69 Å². The Morgan fingerprint density at radius 2 is 1.86 bits per heavy atom. The number of fused-ring (bicyclic) bond motifs is 1. The second-order valence-corrected chi connectivity index (χ2v) is 7.82. The molecular weight excluding hydrogens is 368 g/mol. The molecule has 0 saturated carbocycles. The van der Waals surface area contributed by atoms with E-state index in [1.54, 1.807) is 18.2 Å². The molecule has 152 valence electrons. The van der Waals surface area contributed by atoms with Gasteiger partial charge in [0, 0.05) is 31.2 Å².